The molecule has 0 aliphatic carbocycles. The van der Waals surface area contributed by atoms with Crippen molar-refractivity contribution in [1.29, 1.82) is 0 Å². The van der Waals surface area contributed by atoms with E-state index >= 15 is 0 Å². The standard InChI is InChI=1S/C20H17NO3S2/c1-14(19(22)21-15-7-3-2-4-8-15)24-20(23)17(18-10-6-12-26-18)13-16-9-5-11-25-16/h2-14H,1H3,(H,21,22)/b17-13+/t14-/m0/s1. The molecule has 0 spiro atoms. The number of ether oxygens (including phenoxy) is 1. The molecule has 3 rings (SSSR count). The summed E-state index contributed by atoms with van der Waals surface area (Å²) in [6.45, 7) is 1.56. The van der Waals surface area contributed by atoms with Crippen LogP contribution in [-0.2, 0) is 14.3 Å². The van der Waals surface area contributed by atoms with Crippen LogP contribution in [-0.4, -0.2) is 18.0 Å². The van der Waals surface area contributed by atoms with E-state index in [4.69, 9.17) is 4.74 Å². The highest BCUT2D eigenvalue weighted by Crippen LogP contribution is 2.26. The van der Waals surface area contributed by atoms with Crippen molar-refractivity contribution in [2.75, 3.05) is 5.32 Å². The van der Waals surface area contributed by atoms with Gasteiger partial charge in [-0.15, -0.1) is 22.7 Å². The first-order valence-corrected chi connectivity index (χ1v) is 9.75. The number of thiophene rings is 2. The molecule has 2 heterocycles. The number of esters is 1. The summed E-state index contributed by atoms with van der Waals surface area (Å²) in [5.74, 6) is -0.886. The Labute approximate surface area is 159 Å². The molecule has 1 N–H and O–H groups in total. The molecule has 0 bridgehead atoms. The summed E-state index contributed by atoms with van der Waals surface area (Å²) in [5.41, 5.74) is 1.11. The molecular weight excluding hydrogens is 366 g/mol. The van der Waals surface area contributed by atoms with E-state index in [2.05, 4.69) is 5.32 Å². The number of para-hydroxylation sites is 1. The van der Waals surface area contributed by atoms with Gasteiger partial charge in [-0.2, -0.15) is 0 Å². The molecule has 3 aromatic rings. The third-order valence-electron chi connectivity index (χ3n) is 3.53. The molecule has 26 heavy (non-hydrogen) atoms. The Morgan fingerprint density at radius 3 is 2.38 bits per heavy atom. The van der Waals surface area contributed by atoms with Gasteiger partial charge in [-0.25, -0.2) is 4.79 Å². The van der Waals surface area contributed by atoms with Crippen molar-refractivity contribution >= 4 is 51.9 Å². The maximum atomic E-state index is 12.7. The van der Waals surface area contributed by atoms with Crippen molar-refractivity contribution in [2.45, 2.75) is 13.0 Å². The first-order chi connectivity index (χ1) is 12.6. The largest absolute Gasteiger partial charge is 0.449 e. The van der Waals surface area contributed by atoms with E-state index in [1.807, 2.05) is 53.2 Å². The number of carbonyl (C=O) groups is 2. The van der Waals surface area contributed by atoms with Gasteiger partial charge in [0.2, 0.25) is 0 Å². The second-order valence-corrected chi connectivity index (χ2v) is 7.38. The van der Waals surface area contributed by atoms with Crippen LogP contribution in [0.5, 0.6) is 0 Å². The molecule has 0 aliphatic rings. The van der Waals surface area contributed by atoms with Crippen LogP contribution >= 0.6 is 22.7 Å². The Kier molecular flexibility index (Phi) is 5.99. The molecule has 0 unspecified atom stereocenters. The minimum Gasteiger partial charge on any atom is -0.449 e. The van der Waals surface area contributed by atoms with Crippen LogP contribution in [0.25, 0.3) is 11.6 Å². The van der Waals surface area contributed by atoms with E-state index in [-0.39, 0.29) is 5.91 Å². The topological polar surface area (TPSA) is 55.4 Å². The highest BCUT2D eigenvalue weighted by Gasteiger charge is 2.22. The third-order valence-corrected chi connectivity index (χ3v) is 5.25. The number of nitrogens with one attached hydrogen (secondary N) is 1. The predicted molar refractivity (Wildman–Crippen MR) is 107 cm³/mol. The number of benzene rings is 1. The number of amides is 1. The normalized spacial score (nSPS) is 12.4. The number of carbonyl (C=O) groups excluding carboxylic acids is 2. The molecule has 0 saturated carbocycles. The van der Waals surface area contributed by atoms with Gasteiger partial charge in [-0.3, -0.25) is 4.79 Å². The second-order valence-electron chi connectivity index (χ2n) is 5.45. The minimum absolute atomic E-state index is 0.369. The van der Waals surface area contributed by atoms with Crippen molar-refractivity contribution in [3.8, 4) is 0 Å². The zero-order valence-electron chi connectivity index (χ0n) is 14.0. The fourth-order valence-corrected chi connectivity index (χ4v) is 3.61. The molecule has 0 fully saturated rings. The molecule has 1 aromatic carbocycles. The van der Waals surface area contributed by atoms with Crippen molar-refractivity contribution in [2.24, 2.45) is 0 Å². The first-order valence-electron chi connectivity index (χ1n) is 7.99. The summed E-state index contributed by atoms with van der Waals surface area (Å²) >= 11 is 2.99. The Hall–Kier alpha value is -2.70. The van der Waals surface area contributed by atoms with E-state index in [0.29, 0.717) is 11.3 Å². The number of anilines is 1. The molecule has 2 aromatic heterocycles. The smallest absolute Gasteiger partial charge is 0.340 e. The van der Waals surface area contributed by atoms with Gasteiger partial charge in [0.05, 0.1) is 5.57 Å². The van der Waals surface area contributed by atoms with E-state index in [0.717, 1.165) is 9.75 Å². The van der Waals surface area contributed by atoms with Crippen LogP contribution in [0.2, 0.25) is 0 Å². The van der Waals surface area contributed by atoms with Gasteiger partial charge in [0.1, 0.15) is 0 Å². The molecule has 0 radical (unpaired) electrons. The third kappa shape index (κ3) is 4.68. The minimum atomic E-state index is -0.908. The highest BCUT2D eigenvalue weighted by molar-refractivity contribution is 7.12. The number of hydrogen-bond acceptors (Lipinski definition) is 5. The summed E-state index contributed by atoms with van der Waals surface area (Å²) in [6.07, 6.45) is 0.884. The maximum absolute atomic E-state index is 12.7. The molecule has 132 valence electrons. The van der Waals surface area contributed by atoms with Crippen LogP contribution in [0.4, 0.5) is 5.69 Å². The maximum Gasteiger partial charge on any atom is 0.340 e. The van der Waals surface area contributed by atoms with E-state index in [9.17, 15) is 9.59 Å². The molecule has 6 heteroatoms. The van der Waals surface area contributed by atoms with E-state index < -0.39 is 12.1 Å². The summed E-state index contributed by atoms with van der Waals surface area (Å²) in [5, 5.41) is 6.58. The molecule has 0 saturated heterocycles. The monoisotopic (exact) mass is 383 g/mol. The SMILES string of the molecule is C[C@H](OC(=O)/C(=C/c1cccs1)c1cccs1)C(=O)Nc1ccccc1. The Bertz CT molecular complexity index is 885. The summed E-state index contributed by atoms with van der Waals surface area (Å²) in [7, 11) is 0. The second kappa shape index (κ2) is 8.60. The average molecular weight is 383 g/mol. The van der Waals surface area contributed by atoms with Crippen LogP contribution in [0.3, 0.4) is 0 Å². The lowest BCUT2D eigenvalue weighted by atomic mass is 10.2. The van der Waals surface area contributed by atoms with Crippen LogP contribution < -0.4 is 5.32 Å². The quantitative estimate of drug-likeness (QED) is 0.485. The van der Waals surface area contributed by atoms with Crippen molar-refractivity contribution in [3.63, 3.8) is 0 Å². The van der Waals surface area contributed by atoms with Gasteiger partial charge in [0.15, 0.2) is 6.10 Å². The summed E-state index contributed by atoms with van der Waals surface area (Å²) in [6, 6.07) is 16.7. The zero-order chi connectivity index (χ0) is 18.4. The Balaban J connectivity index is 1.72. The zero-order valence-corrected chi connectivity index (χ0v) is 15.7. The van der Waals surface area contributed by atoms with Crippen LogP contribution in [0.1, 0.15) is 16.7 Å². The lowest BCUT2D eigenvalue weighted by Gasteiger charge is -2.14. The molecule has 1 atom stereocenters. The molecule has 4 nitrogen and oxygen atoms in total. The first kappa shape index (κ1) is 18.1. The van der Waals surface area contributed by atoms with Gasteiger partial charge in [0.25, 0.3) is 5.91 Å². The lowest BCUT2D eigenvalue weighted by molar-refractivity contribution is -0.147. The van der Waals surface area contributed by atoms with Crippen molar-refractivity contribution < 1.29 is 14.3 Å². The fraction of sp³-hybridized carbons (Fsp3) is 0.100. The highest BCUT2D eigenvalue weighted by atomic mass is 32.1. The Morgan fingerprint density at radius 1 is 1.00 bits per heavy atom. The molecule has 1 amide bonds. The number of hydrogen-bond donors (Lipinski definition) is 1. The van der Waals surface area contributed by atoms with Gasteiger partial charge in [-0.1, -0.05) is 30.3 Å². The Morgan fingerprint density at radius 2 is 1.73 bits per heavy atom. The fourth-order valence-electron chi connectivity index (χ4n) is 2.22. The van der Waals surface area contributed by atoms with Crippen LogP contribution in [0.15, 0.2) is 65.4 Å². The lowest BCUT2D eigenvalue weighted by Crippen LogP contribution is -2.30. The van der Waals surface area contributed by atoms with Crippen molar-refractivity contribution in [3.05, 3.63) is 75.1 Å². The average Bonchev–Trinajstić information content (AvgIpc) is 3.34. The van der Waals surface area contributed by atoms with Crippen molar-refractivity contribution in [1.82, 2.24) is 0 Å². The van der Waals surface area contributed by atoms with Gasteiger partial charge < -0.3 is 10.1 Å². The van der Waals surface area contributed by atoms with E-state index in [1.54, 1.807) is 25.1 Å². The summed E-state index contributed by atoms with van der Waals surface area (Å²) in [4.78, 5) is 26.7. The van der Waals surface area contributed by atoms with E-state index in [1.165, 1.54) is 22.7 Å². The van der Waals surface area contributed by atoms with Gasteiger partial charge >= 0.3 is 5.97 Å². The molecular formula is C20H17NO3S2. The van der Waals surface area contributed by atoms with Crippen LogP contribution in [0, 0.1) is 0 Å². The van der Waals surface area contributed by atoms with Gasteiger partial charge in [0, 0.05) is 15.4 Å². The van der Waals surface area contributed by atoms with Gasteiger partial charge in [-0.05, 0) is 48.0 Å². The summed E-state index contributed by atoms with van der Waals surface area (Å²) < 4.78 is 5.41. The predicted octanol–water partition coefficient (Wildman–Crippen LogP) is 4.92. The number of rotatable bonds is 6. The molecule has 0 aliphatic heterocycles.